The van der Waals surface area contributed by atoms with E-state index in [-0.39, 0.29) is 0 Å². The highest BCUT2D eigenvalue weighted by Crippen LogP contribution is 2.10. The van der Waals surface area contributed by atoms with Crippen molar-refractivity contribution in [2.24, 2.45) is 5.73 Å². The van der Waals surface area contributed by atoms with Gasteiger partial charge in [-0.25, -0.2) is 14.5 Å². The number of primary amides is 1. The summed E-state index contributed by atoms with van der Waals surface area (Å²) in [5.41, 5.74) is 4.51. The summed E-state index contributed by atoms with van der Waals surface area (Å²) in [5.74, 6) is 0. The third-order valence-electron chi connectivity index (χ3n) is 1.87. The van der Waals surface area contributed by atoms with E-state index < -0.39 is 17.7 Å². The maximum Gasteiger partial charge on any atom is 0.418 e. The van der Waals surface area contributed by atoms with Crippen molar-refractivity contribution in [1.82, 2.24) is 4.90 Å². The Bertz CT molecular complexity index is 246. The standard InChI is InChI=1S/C11H22N2O3/c1-5-6-7-8-13(9(12)14)10(15)16-11(2,3)4/h5-8H2,1-4H3,(H2,12,14). The fourth-order valence-corrected chi connectivity index (χ4v) is 1.13. The van der Waals surface area contributed by atoms with Gasteiger partial charge in [-0.2, -0.15) is 0 Å². The Labute approximate surface area is 96.9 Å². The van der Waals surface area contributed by atoms with Crippen molar-refractivity contribution in [3.8, 4) is 0 Å². The van der Waals surface area contributed by atoms with E-state index in [0.29, 0.717) is 6.54 Å². The second-order valence-corrected chi connectivity index (χ2v) is 4.68. The monoisotopic (exact) mass is 230 g/mol. The third-order valence-corrected chi connectivity index (χ3v) is 1.87. The van der Waals surface area contributed by atoms with E-state index in [2.05, 4.69) is 0 Å². The van der Waals surface area contributed by atoms with Gasteiger partial charge < -0.3 is 10.5 Å². The highest BCUT2D eigenvalue weighted by Gasteiger charge is 2.24. The number of nitrogens with two attached hydrogens (primary N) is 1. The molecule has 0 heterocycles. The molecule has 0 bridgehead atoms. The first-order chi connectivity index (χ1) is 7.28. The Morgan fingerprint density at radius 3 is 2.19 bits per heavy atom. The number of urea groups is 1. The molecule has 94 valence electrons. The molecule has 0 aromatic heterocycles. The number of ether oxygens (including phenoxy) is 1. The largest absolute Gasteiger partial charge is 0.443 e. The minimum absolute atomic E-state index is 0.318. The molecule has 0 fully saturated rings. The topological polar surface area (TPSA) is 72.6 Å². The SMILES string of the molecule is CCCCCN(C(N)=O)C(=O)OC(C)(C)C. The van der Waals surface area contributed by atoms with Crippen molar-refractivity contribution in [2.75, 3.05) is 6.54 Å². The van der Waals surface area contributed by atoms with Crippen LogP contribution in [0.4, 0.5) is 9.59 Å². The molecule has 3 amide bonds. The normalized spacial score (nSPS) is 11.0. The molecule has 0 saturated heterocycles. The van der Waals surface area contributed by atoms with Gasteiger partial charge in [-0.15, -0.1) is 0 Å². The second-order valence-electron chi connectivity index (χ2n) is 4.68. The number of unbranched alkanes of at least 4 members (excludes halogenated alkanes) is 2. The molecule has 0 aromatic rings. The molecule has 0 radical (unpaired) electrons. The number of amides is 3. The molecule has 5 heteroatoms. The molecular formula is C11H22N2O3. The van der Waals surface area contributed by atoms with Gasteiger partial charge in [0.15, 0.2) is 0 Å². The van der Waals surface area contributed by atoms with Crippen LogP contribution in [0.2, 0.25) is 0 Å². The maximum absolute atomic E-state index is 11.6. The third kappa shape index (κ3) is 6.27. The van der Waals surface area contributed by atoms with Crippen LogP contribution in [-0.2, 0) is 4.74 Å². The van der Waals surface area contributed by atoms with Gasteiger partial charge in [-0.3, -0.25) is 0 Å². The first-order valence-electron chi connectivity index (χ1n) is 5.58. The summed E-state index contributed by atoms with van der Waals surface area (Å²) in [4.78, 5) is 23.6. The van der Waals surface area contributed by atoms with E-state index in [1.165, 1.54) is 0 Å². The Balaban J connectivity index is 4.31. The molecule has 0 aliphatic heterocycles. The first kappa shape index (κ1) is 14.7. The minimum Gasteiger partial charge on any atom is -0.443 e. The van der Waals surface area contributed by atoms with Gasteiger partial charge >= 0.3 is 12.1 Å². The lowest BCUT2D eigenvalue weighted by Crippen LogP contribution is -2.44. The summed E-state index contributed by atoms with van der Waals surface area (Å²) in [6, 6.07) is -0.759. The highest BCUT2D eigenvalue weighted by molar-refractivity contribution is 5.90. The number of carbonyl (C=O) groups is 2. The van der Waals surface area contributed by atoms with Crippen molar-refractivity contribution in [3.63, 3.8) is 0 Å². The summed E-state index contributed by atoms with van der Waals surface area (Å²) in [5, 5.41) is 0. The van der Waals surface area contributed by atoms with Gasteiger partial charge in [0.25, 0.3) is 0 Å². The van der Waals surface area contributed by atoms with Crippen LogP contribution in [0.25, 0.3) is 0 Å². The van der Waals surface area contributed by atoms with Crippen LogP contribution in [0, 0.1) is 0 Å². The van der Waals surface area contributed by atoms with Crippen LogP contribution in [0.1, 0.15) is 47.0 Å². The lowest BCUT2D eigenvalue weighted by molar-refractivity contribution is 0.0326. The molecule has 0 rings (SSSR count). The number of carbonyl (C=O) groups excluding carboxylic acids is 2. The molecule has 0 unspecified atom stereocenters. The van der Waals surface area contributed by atoms with Crippen LogP contribution < -0.4 is 5.73 Å². The zero-order valence-electron chi connectivity index (χ0n) is 10.6. The molecule has 5 nitrogen and oxygen atoms in total. The Kier molecular flexibility index (Phi) is 5.85. The quantitative estimate of drug-likeness (QED) is 0.754. The van der Waals surface area contributed by atoms with Crippen LogP contribution in [-0.4, -0.2) is 29.2 Å². The van der Waals surface area contributed by atoms with Crippen molar-refractivity contribution < 1.29 is 14.3 Å². The van der Waals surface area contributed by atoms with Crippen LogP contribution >= 0.6 is 0 Å². The summed E-state index contributed by atoms with van der Waals surface area (Å²) in [7, 11) is 0. The zero-order valence-corrected chi connectivity index (χ0v) is 10.6. The van der Waals surface area contributed by atoms with Gasteiger partial charge in [0, 0.05) is 6.54 Å². The van der Waals surface area contributed by atoms with E-state index in [1.54, 1.807) is 20.8 Å². The van der Waals surface area contributed by atoms with Gasteiger partial charge in [-0.1, -0.05) is 19.8 Å². The molecule has 2 N–H and O–H groups in total. The molecule has 0 aliphatic carbocycles. The lowest BCUT2D eigenvalue weighted by Gasteiger charge is -2.24. The number of imide groups is 1. The van der Waals surface area contributed by atoms with Gasteiger partial charge in [0.1, 0.15) is 5.60 Å². The average molecular weight is 230 g/mol. The maximum atomic E-state index is 11.6. The summed E-state index contributed by atoms with van der Waals surface area (Å²) in [6.45, 7) is 7.60. The number of rotatable bonds is 4. The average Bonchev–Trinajstić information content (AvgIpc) is 2.08. The lowest BCUT2D eigenvalue weighted by atomic mass is 10.2. The number of nitrogens with zero attached hydrogens (tertiary/aromatic N) is 1. The number of hydrogen-bond acceptors (Lipinski definition) is 3. The van der Waals surface area contributed by atoms with E-state index in [0.717, 1.165) is 24.2 Å². The van der Waals surface area contributed by atoms with Crippen molar-refractivity contribution >= 4 is 12.1 Å². The predicted octanol–water partition coefficient (Wildman–Crippen LogP) is 2.49. The van der Waals surface area contributed by atoms with E-state index in [4.69, 9.17) is 10.5 Å². The number of hydrogen-bond donors (Lipinski definition) is 1. The fourth-order valence-electron chi connectivity index (χ4n) is 1.13. The van der Waals surface area contributed by atoms with Gasteiger partial charge in [0.05, 0.1) is 0 Å². The molecule has 16 heavy (non-hydrogen) atoms. The van der Waals surface area contributed by atoms with Crippen LogP contribution in [0.5, 0.6) is 0 Å². The Morgan fingerprint density at radius 1 is 1.25 bits per heavy atom. The zero-order chi connectivity index (χ0) is 12.8. The Hall–Kier alpha value is -1.26. The van der Waals surface area contributed by atoms with E-state index in [9.17, 15) is 9.59 Å². The van der Waals surface area contributed by atoms with Crippen LogP contribution in [0.15, 0.2) is 0 Å². The molecule has 0 aromatic carbocycles. The summed E-state index contributed by atoms with van der Waals surface area (Å²) < 4.78 is 5.08. The molecule has 0 saturated carbocycles. The second kappa shape index (κ2) is 6.35. The first-order valence-corrected chi connectivity index (χ1v) is 5.58. The smallest absolute Gasteiger partial charge is 0.418 e. The molecular weight excluding hydrogens is 208 g/mol. The van der Waals surface area contributed by atoms with E-state index in [1.807, 2.05) is 6.92 Å². The fraction of sp³-hybridized carbons (Fsp3) is 0.818. The van der Waals surface area contributed by atoms with Gasteiger partial charge in [0.2, 0.25) is 0 Å². The highest BCUT2D eigenvalue weighted by atomic mass is 16.6. The Morgan fingerprint density at radius 2 is 1.81 bits per heavy atom. The van der Waals surface area contributed by atoms with Crippen molar-refractivity contribution in [2.45, 2.75) is 52.6 Å². The minimum atomic E-state index is -0.759. The van der Waals surface area contributed by atoms with E-state index >= 15 is 0 Å². The molecule has 0 aliphatic rings. The van der Waals surface area contributed by atoms with Crippen molar-refractivity contribution in [3.05, 3.63) is 0 Å². The molecule has 0 atom stereocenters. The molecule has 0 spiro atoms. The summed E-state index contributed by atoms with van der Waals surface area (Å²) in [6.07, 6.45) is 2.04. The van der Waals surface area contributed by atoms with Gasteiger partial charge in [-0.05, 0) is 27.2 Å². The van der Waals surface area contributed by atoms with Crippen LogP contribution in [0.3, 0.4) is 0 Å². The van der Waals surface area contributed by atoms with Crippen molar-refractivity contribution in [1.29, 1.82) is 0 Å². The predicted molar refractivity (Wildman–Crippen MR) is 62.0 cm³/mol. The summed E-state index contributed by atoms with van der Waals surface area (Å²) >= 11 is 0.